The summed E-state index contributed by atoms with van der Waals surface area (Å²) in [6.45, 7) is 1.51. The van der Waals surface area contributed by atoms with Crippen molar-refractivity contribution >= 4 is 38.0 Å². The van der Waals surface area contributed by atoms with Gasteiger partial charge in [0.05, 0.1) is 27.2 Å². The van der Waals surface area contributed by atoms with Gasteiger partial charge < -0.3 is 0 Å². The fraction of sp³-hybridized carbons (Fsp3) is 0.125. The van der Waals surface area contributed by atoms with Crippen LogP contribution < -0.4 is 11.0 Å². The highest BCUT2D eigenvalue weighted by Crippen LogP contribution is 2.26. The number of rotatable bonds is 4. The van der Waals surface area contributed by atoms with E-state index >= 15 is 0 Å². The molecule has 0 bridgehead atoms. The van der Waals surface area contributed by atoms with Crippen molar-refractivity contribution in [2.75, 3.05) is 11.2 Å². The molecule has 1 aromatic heterocycles. The van der Waals surface area contributed by atoms with E-state index in [-0.39, 0.29) is 21.7 Å². The molecule has 0 aliphatic carbocycles. The molecule has 130 valence electrons. The third-order valence-electron chi connectivity index (χ3n) is 3.62. The second-order valence-electron chi connectivity index (χ2n) is 5.24. The van der Waals surface area contributed by atoms with Crippen molar-refractivity contribution in [2.24, 2.45) is 0 Å². The molecule has 0 saturated heterocycles. The van der Waals surface area contributed by atoms with Crippen molar-refractivity contribution in [3.05, 3.63) is 63.9 Å². The molecule has 0 atom stereocenters. The van der Waals surface area contributed by atoms with Crippen molar-refractivity contribution in [3.63, 3.8) is 0 Å². The first-order valence-electron chi connectivity index (χ1n) is 7.28. The van der Waals surface area contributed by atoms with Gasteiger partial charge in [0.1, 0.15) is 12.1 Å². The van der Waals surface area contributed by atoms with E-state index < -0.39 is 21.2 Å². The Morgan fingerprint density at radius 2 is 2.00 bits per heavy atom. The third-order valence-corrected chi connectivity index (χ3v) is 5.64. The van der Waals surface area contributed by atoms with Crippen molar-refractivity contribution < 1.29 is 12.8 Å². The van der Waals surface area contributed by atoms with E-state index in [9.17, 15) is 17.6 Å². The maximum atomic E-state index is 13.4. The van der Waals surface area contributed by atoms with E-state index in [2.05, 4.69) is 10.4 Å². The van der Waals surface area contributed by atoms with Gasteiger partial charge in [0, 0.05) is 5.02 Å². The largest absolute Gasteiger partial charge is 0.289 e. The van der Waals surface area contributed by atoms with Gasteiger partial charge in [0.15, 0.2) is 9.84 Å². The number of aromatic nitrogens is 2. The van der Waals surface area contributed by atoms with Gasteiger partial charge in [-0.1, -0.05) is 18.5 Å². The van der Waals surface area contributed by atoms with Crippen LogP contribution in [-0.4, -0.2) is 23.8 Å². The van der Waals surface area contributed by atoms with Crippen LogP contribution in [0, 0.1) is 5.82 Å². The number of hydrogen-bond acceptors (Lipinski definition) is 5. The molecule has 0 spiro atoms. The monoisotopic (exact) mass is 381 g/mol. The molecule has 1 N–H and O–H groups in total. The van der Waals surface area contributed by atoms with Crippen LogP contribution in [0.1, 0.15) is 6.92 Å². The molecule has 0 fully saturated rings. The third kappa shape index (κ3) is 3.35. The Morgan fingerprint density at radius 3 is 2.72 bits per heavy atom. The van der Waals surface area contributed by atoms with Crippen molar-refractivity contribution in [3.8, 4) is 0 Å². The molecule has 9 heteroatoms. The quantitative estimate of drug-likeness (QED) is 0.751. The normalized spacial score (nSPS) is 11.6. The number of sulfone groups is 1. The summed E-state index contributed by atoms with van der Waals surface area (Å²) in [6.07, 6.45) is 1.20. The van der Waals surface area contributed by atoms with Crippen LogP contribution >= 0.6 is 11.6 Å². The van der Waals surface area contributed by atoms with Crippen LogP contribution in [-0.2, 0) is 9.84 Å². The van der Waals surface area contributed by atoms with Crippen molar-refractivity contribution in [1.82, 2.24) is 9.66 Å². The first kappa shape index (κ1) is 17.4. The molecule has 3 rings (SSSR count). The van der Waals surface area contributed by atoms with Gasteiger partial charge in [-0.25, -0.2) is 22.5 Å². The summed E-state index contributed by atoms with van der Waals surface area (Å²) in [5, 5.41) is 0.363. The fourth-order valence-corrected chi connectivity index (χ4v) is 3.52. The minimum absolute atomic E-state index is 0.00522. The van der Waals surface area contributed by atoms with Gasteiger partial charge in [-0.2, -0.15) is 0 Å². The number of halogens is 2. The molecule has 0 radical (unpaired) electrons. The highest BCUT2D eigenvalue weighted by molar-refractivity contribution is 7.91. The van der Waals surface area contributed by atoms with Gasteiger partial charge in [0.2, 0.25) is 0 Å². The number of fused-ring (bicyclic) bond motifs is 1. The second kappa shape index (κ2) is 6.45. The van der Waals surface area contributed by atoms with Gasteiger partial charge in [-0.05, 0) is 36.4 Å². The standard InChI is InChI=1S/C16H13ClFN3O3S/c1-2-25(23,24)15-6-3-10(17)7-14(15)20-21-9-19-13-5-4-11(18)8-12(13)16(21)22/h3-9,20H,2H2,1H3. The molecular formula is C16H13ClFN3O3S. The Kier molecular flexibility index (Phi) is 4.49. The number of nitrogens with zero attached hydrogens (tertiary/aromatic N) is 2. The van der Waals surface area contributed by atoms with Crippen LogP contribution in [0.5, 0.6) is 0 Å². The SMILES string of the molecule is CCS(=O)(=O)c1ccc(Cl)cc1Nn1cnc2ccc(F)cc2c1=O. The van der Waals surface area contributed by atoms with Crippen LogP contribution in [0.15, 0.2) is 52.4 Å². The maximum absolute atomic E-state index is 13.4. The zero-order valence-corrected chi connectivity index (χ0v) is 14.6. The lowest BCUT2D eigenvalue weighted by Crippen LogP contribution is -2.27. The second-order valence-corrected chi connectivity index (χ2v) is 7.92. The molecular weight excluding hydrogens is 369 g/mol. The Bertz CT molecular complexity index is 1130. The average Bonchev–Trinajstić information content (AvgIpc) is 2.58. The predicted molar refractivity (Wildman–Crippen MR) is 94.2 cm³/mol. The van der Waals surface area contributed by atoms with E-state index in [0.717, 1.165) is 10.7 Å². The van der Waals surface area contributed by atoms with Crippen LogP contribution in [0.25, 0.3) is 10.9 Å². The summed E-state index contributed by atoms with van der Waals surface area (Å²) in [5.41, 5.74) is 2.59. The molecule has 0 aliphatic rings. The Balaban J connectivity index is 2.15. The highest BCUT2D eigenvalue weighted by Gasteiger charge is 2.18. The summed E-state index contributed by atoms with van der Waals surface area (Å²) in [6, 6.07) is 7.88. The smallest absolute Gasteiger partial charge is 0.280 e. The van der Waals surface area contributed by atoms with Gasteiger partial charge in [-0.3, -0.25) is 10.2 Å². The summed E-state index contributed by atoms with van der Waals surface area (Å²) in [4.78, 5) is 16.6. The number of anilines is 1. The molecule has 0 aliphatic heterocycles. The lowest BCUT2D eigenvalue weighted by atomic mass is 10.2. The first-order chi connectivity index (χ1) is 11.8. The van der Waals surface area contributed by atoms with Crippen LogP contribution in [0.4, 0.5) is 10.1 Å². The minimum Gasteiger partial charge on any atom is -0.289 e. The summed E-state index contributed by atoms with van der Waals surface area (Å²) in [5.74, 6) is -0.680. The lowest BCUT2D eigenvalue weighted by Gasteiger charge is -2.14. The summed E-state index contributed by atoms with van der Waals surface area (Å²) >= 11 is 5.94. The lowest BCUT2D eigenvalue weighted by molar-refractivity contribution is 0.597. The molecule has 3 aromatic rings. The number of hydrogen-bond donors (Lipinski definition) is 1. The van der Waals surface area contributed by atoms with Crippen molar-refractivity contribution in [2.45, 2.75) is 11.8 Å². The van der Waals surface area contributed by atoms with E-state index in [1.54, 1.807) is 0 Å². The molecule has 0 unspecified atom stereocenters. The number of nitrogens with one attached hydrogen (secondary N) is 1. The molecule has 25 heavy (non-hydrogen) atoms. The van der Waals surface area contributed by atoms with Crippen LogP contribution in [0.2, 0.25) is 5.02 Å². The van der Waals surface area contributed by atoms with E-state index in [1.165, 1.54) is 43.6 Å². The molecule has 2 aromatic carbocycles. The predicted octanol–water partition coefficient (Wildman–Crippen LogP) is 2.86. The molecule has 0 saturated carbocycles. The molecule has 6 nitrogen and oxygen atoms in total. The van der Waals surface area contributed by atoms with Crippen molar-refractivity contribution in [1.29, 1.82) is 0 Å². The maximum Gasteiger partial charge on any atom is 0.280 e. The highest BCUT2D eigenvalue weighted by atomic mass is 35.5. The Labute approximate surface area is 147 Å². The number of benzene rings is 2. The fourth-order valence-electron chi connectivity index (χ4n) is 2.32. The minimum atomic E-state index is -3.54. The topological polar surface area (TPSA) is 81.1 Å². The average molecular weight is 382 g/mol. The van der Waals surface area contributed by atoms with Crippen LogP contribution in [0.3, 0.4) is 0 Å². The molecule has 0 amide bonds. The molecule has 1 heterocycles. The van der Waals surface area contributed by atoms with E-state index in [1.807, 2.05) is 0 Å². The Morgan fingerprint density at radius 1 is 1.24 bits per heavy atom. The van der Waals surface area contributed by atoms with Gasteiger partial charge in [-0.15, -0.1) is 0 Å². The van der Waals surface area contributed by atoms with Gasteiger partial charge in [0.25, 0.3) is 5.56 Å². The summed E-state index contributed by atoms with van der Waals surface area (Å²) < 4.78 is 38.8. The van der Waals surface area contributed by atoms with E-state index in [0.29, 0.717) is 10.5 Å². The zero-order valence-electron chi connectivity index (χ0n) is 13.0. The first-order valence-corrected chi connectivity index (χ1v) is 9.31. The summed E-state index contributed by atoms with van der Waals surface area (Å²) in [7, 11) is -3.54. The van der Waals surface area contributed by atoms with Gasteiger partial charge >= 0.3 is 0 Å². The zero-order chi connectivity index (χ0) is 18.2. The van der Waals surface area contributed by atoms with E-state index in [4.69, 9.17) is 11.6 Å². The Hall–Kier alpha value is -2.45.